The smallest absolute Gasteiger partial charge is 0.141 e. The van der Waals surface area contributed by atoms with Crippen molar-refractivity contribution >= 4 is 11.0 Å². The number of hydrogen-bond donors (Lipinski definition) is 2. The molecule has 2 N–H and O–H groups in total. The molecule has 0 amide bonds. The van der Waals surface area contributed by atoms with Crippen LogP contribution < -0.4 is 0 Å². The zero-order chi connectivity index (χ0) is 12.7. The van der Waals surface area contributed by atoms with E-state index in [4.69, 9.17) is 0 Å². The number of phenolic OH excluding ortho intramolecular Hbond substituents is 1. The van der Waals surface area contributed by atoms with Crippen LogP contribution in [0.2, 0.25) is 0 Å². The van der Waals surface area contributed by atoms with Gasteiger partial charge in [0.15, 0.2) is 0 Å². The van der Waals surface area contributed by atoms with Crippen LogP contribution in [0.4, 0.5) is 0 Å². The monoisotopic (exact) mass is 245 g/mol. The number of piperidine rings is 1. The maximum atomic E-state index is 9.80. The fourth-order valence-electron chi connectivity index (χ4n) is 2.77. The number of aromatic hydroxyl groups is 1. The van der Waals surface area contributed by atoms with Crippen LogP contribution in [-0.4, -0.2) is 39.6 Å². The minimum absolute atomic E-state index is 0.284. The Morgan fingerprint density at radius 3 is 3.00 bits per heavy atom. The largest absolute Gasteiger partial charge is 0.506 e. The van der Waals surface area contributed by atoms with Gasteiger partial charge in [0.25, 0.3) is 0 Å². The molecule has 18 heavy (non-hydrogen) atoms. The summed E-state index contributed by atoms with van der Waals surface area (Å²) in [5.74, 6) is 1.78. The Bertz CT molecular complexity index is 563. The maximum absolute atomic E-state index is 9.80. The molecule has 0 radical (unpaired) electrons. The first-order chi connectivity index (χ1) is 8.65. The molecule has 2 heterocycles. The summed E-state index contributed by atoms with van der Waals surface area (Å²) in [7, 11) is 2.17. The minimum atomic E-state index is 0.284. The number of fused-ring (bicyclic) bond motifs is 1. The van der Waals surface area contributed by atoms with Gasteiger partial charge < -0.3 is 15.0 Å². The van der Waals surface area contributed by atoms with E-state index in [0.29, 0.717) is 12.0 Å². The molecule has 4 nitrogen and oxygen atoms in total. The number of phenols is 1. The third kappa shape index (κ3) is 1.86. The molecule has 0 bridgehead atoms. The first-order valence-electron chi connectivity index (χ1n) is 6.53. The summed E-state index contributed by atoms with van der Waals surface area (Å²) in [6.07, 6.45) is 2.25. The normalized spacial score (nSPS) is 25.7. The second kappa shape index (κ2) is 4.28. The molecular formula is C14H19N3O. The van der Waals surface area contributed by atoms with Crippen molar-refractivity contribution in [3.63, 3.8) is 0 Å². The topological polar surface area (TPSA) is 52.2 Å². The first kappa shape index (κ1) is 11.5. The quantitative estimate of drug-likeness (QED) is 0.811. The van der Waals surface area contributed by atoms with Crippen molar-refractivity contribution in [3.05, 3.63) is 24.0 Å². The van der Waals surface area contributed by atoms with Gasteiger partial charge in [0.1, 0.15) is 17.1 Å². The first-order valence-corrected chi connectivity index (χ1v) is 6.53. The minimum Gasteiger partial charge on any atom is -0.506 e. The van der Waals surface area contributed by atoms with Gasteiger partial charge in [-0.15, -0.1) is 0 Å². The molecule has 4 heteroatoms. The van der Waals surface area contributed by atoms with Crippen LogP contribution in [0.1, 0.15) is 31.5 Å². The second-order valence-electron chi connectivity index (χ2n) is 5.34. The van der Waals surface area contributed by atoms with Gasteiger partial charge in [0.2, 0.25) is 0 Å². The molecule has 96 valence electrons. The van der Waals surface area contributed by atoms with Crippen molar-refractivity contribution in [2.75, 3.05) is 13.6 Å². The van der Waals surface area contributed by atoms with E-state index in [1.807, 2.05) is 12.1 Å². The number of imidazole rings is 1. The van der Waals surface area contributed by atoms with E-state index < -0.39 is 0 Å². The summed E-state index contributed by atoms with van der Waals surface area (Å²) in [5.41, 5.74) is 1.62. The predicted molar refractivity (Wildman–Crippen MR) is 71.8 cm³/mol. The van der Waals surface area contributed by atoms with Gasteiger partial charge in [-0.3, -0.25) is 0 Å². The molecule has 1 aromatic carbocycles. The zero-order valence-corrected chi connectivity index (χ0v) is 10.8. The highest BCUT2D eigenvalue weighted by molar-refractivity contribution is 5.81. The molecule has 1 fully saturated rings. The highest BCUT2D eigenvalue weighted by Crippen LogP contribution is 2.31. The summed E-state index contributed by atoms with van der Waals surface area (Å²) in [5, 5.41) is 9.80. The molecule has 1 aromatic heterocycles. The summed E-state index contributed by atoms with van der Waals surface area (Å²) in [6.45, 7) is 3.36. The van der Waals surface area contributed by atoms with E-state index >= 15 is 0 Å². The van der Waals surface area contributed by atoms with E-state index in [-0.39, 0.29) is 5.75 Å². The van der Waals surface area contributed by atoms with Crippen LogP contribution in [0.25, 0.3) is 11.0 Å². The molecule has 2 atom stereocenters. The van der Waals surface area contributed by atoms with E-state index in [9.17, 15) is 5.11 Å². The number of likely N-dealkylation sites (tertiary alicyclic amines) is 1. The van der Waals surface area contributed by atoms with Crippen molar-refractivity contribution in [2.24, 2.45) is 0 Å². The molecule has 1 aliphatic rings. The number of nitrogens with one attached hydrogen (secondary N) is 1. The summed E-state index contributed by atoms with van der Waals surface area (Å²) in [6, 6.07) is 6.06. The summed E-state index contributed by atoms with van der Waals surface area (Å²) in [4.78, 5) is 10.3. The SMILES string of the molecule is CC1CC(c2nc3cccc(O)c3[nH]2)CCN1C. The lowest BCUT2D eigenvalue weighted by Crippen LogP contribution is -2.37. The molecule has 2 aromatic rings. The molecule has 1 saturated heterocycles. The summed E-state index contributed by atoms with van der Waals surface area (Å²) < 4.78 is 0. The van der Waals surface area contributed by atoms with E-state index in [0.717, 1.165) is 36.2 Å². The van der Waals surface area contributed by atoms with Gasteiger partial charge in [-0.1, -0.05) is 6.07 Å². The Hall–Kier alpha value is -1.55. The fourth-order valence-corrected chi connectivity index (χ4v) is 2.77. The molecule has 0 saturated carbocycles. The lowest BCUT2D eigenvalue weighted by molar-refractivity contribution is 0.180. The number of aromatic nitrogens is 2. The lowest BCUT2D eigenvalue weighted by Gasteiger charge is -2.34. The predicted octanol–water partition coefficient (Wildman–Crippen LogP) is 2.47. The van der Waals surface area contributed by atoms with Crippen LogP contribution in [0.15, 0.2) is 18.2 Å². The van der Waals surface area contributed by atoms with Crippen molar-refractivity contribution < 1.29 is 5.11 Å². The lowest BCUT2D eigenvalue weighted by atomic mass is 9.91. The Balaban J connectivity index is 1.93. The maximum Gasteiger partial charge on any atom is 0.141 e. The van der Waals surface area contributed by atoms with Gasteiger partial charge in [-0.05, 0) is 45.5 Å². The van der Waals surface area contributed by atoms with Crippen molar-refractivity contribution in [1.29, 1.82) is 0 Å². The van der Waals surface area contributed by atoms with Gasteiger partial charge in [0.05, 0.1) is 5.52 Å². The Morgan fingerprint density at radius 1 is 1.44 bits per heavy atom. The second-order valence-corrected chi connectivity index (χ2v) is 5.34. The highest BCUT2D eigenvalue weighted by Gasteiger charge is 2.26. The number of nitrogens with zero attached hydrogens (tertiary/aromatic N) is 2. The Morgan fingerprint density at radius 2 is 2.28 bits per heavy atom. The third-order valence-electron chi connectivity index (χ3n) is 4.11. The Kier molecular flexibility index (Phi) is 2.74. The standard InChI is InChI=1S/C14H19N3O/c1-9-8-10(6-7-17(9)2)14-15-11-4-3-5-12(18)13(11)16-14/h3-5,9-10,18H,6-8H2,1-2H3,(H,15,16). The highest BCUT2D eigenvalue weighted by atomic mass is 16.3. The number of benzene rings is 1. The van der Waals surface area contributed by atoms with E-state index in [1.165, 1.54) is 0 Å². The van der Waals surface area contributed by atoms with E-state index in [2.05, 4.69) is 28.8 Å². The number of H-pyrrole nitrogens is 1. The molecular weight excluding hydrogens is 226 g/mol. The van der Waals surface area contributed by atoms with Gasteiger partial charge in [-0.25, -0.2) is 4.98 Å². The summed E-state index contributed by atoms with van der Waals surface area (Å²) >= 11 is 0. The molecule has 0 spiro atoms. The number of aromatic amines is 1. The van der Waals surface area contributed by atoms with Crippen LogP contribution in [0, 0.1) is 0 Å². The number of hydrogen-bond acceptors (Lipinski definition) is 3. The third-order valence-corrected chi connectivity index (χ3v) is 4.11. The van der Waals surface area contributed by atoms with Crippen LogP contribution >= 0.6 is 0 Å². The number of para-hydroxylation sites is 1. The molecule has 1 aliphatic heterocycles. The Labute approximate surface area is 107 Å². The molecule has 3 rings (SSSR count). The molecule has 2 unspecified atom stereocenters. The van der Waals surface area contributed by atoms with Crippen molar-refractivity contribution in [3.8, 4) is 5.75 Å². The van der Waals surface area contributed by atoms with Gasteiger partial charge in [-0.2, -0.15) is 0 Å². The van der Waals surface area contributed by atoms with Gasteiger partial charge >= 0.3 is 0 Å². The van der Waals surface area contributed by atoms with Crippen LogP contribution in [-0.2, 0) is 0 Å². The number of rotatable bonds is 1. The van der Waals surface area contributed by atoms with Crippen LogP contribution in [0.5, 0.6) is 5.75 Å². The molecule has 0 aliphatic carbocycles. The van der Waals surface area contributed by atoms with E-state index in [1.54, 1.807) is 6.07 Å². The average molecular weight is 245 g/mol. The van der Waals surface area contributed by atoms with Crippen molar-refractivity contribution in [2.45, 2.75) is 31.7 Å². The van der Waals surface area contributed by atoms with Gasteiger partial charge in [0, 0.05) is 12.0 Å². The van der Waals surface area contributed by atoms with Crippen molar-refractivity contribution in [1.82, 2.24) is 14.9 Å². The fraction of sp³-hybridized carbons (Fsp3) is 0.500. The zero-order valence-electron chi connectivity index (χ0n) is 10.8. The van der Waals surface area contributed by atoms with Crippen LogP contribution in [0.3, 0.4) is 0 Å². The average Bonchev–Trinajstić information content (AvgIpc) is 2.78.